The van der Waals surface area contributed by atoms with Crippen molar-refractivity contribution in [1.29, 1.82) is 0 Å². The number of rotatable bonds is 8. The van der Waals surface area contributed by atoms with Crippen molar-refractivity contribution < 1.29 is 29.7 Å². The van der Waals surface area contributed by atoms with E-state index < -0.39 is 29.9 Å². The Hall–Kier alpha value is -2.61. The van der Waals surface area contributed by atoms with Crippen LogP contribution in [0.15, 0.2) is 24.3 Å². The molecule has 23 heavy (non-hydrogen) atoms. The van der Waals surface area contributed by atoms with E-state index in [-0.39, 0.29) is 25.0 Å². The molecule has 1 aromatic carbocycles. The number of hydrogen-bond donors (Lipinski definition) is 4. The summed E-state index contributed by atoms with van der Waals surface area (Å²) in [4.78, 5) is 35.1. The molecule has 0 spiro atoms. The maximum absolute atomic E-state index is 12.0. The van der Waals surface area contributed by atoms with Gasteiger partial charge in [-0.3, -0.25) is 9.59 Å². The number of phenols is 1. The van der Waals surface area contributed by atoms with Crippen molar-refractivity contribution in [2.24, 2.45) is 5.73 Å². The average Bonchev–Trinajstić information content (AvgIpc) is 2.50. The zero-order valence-electron chi connectivity index (χ0n) is 12.7. The van der Waals surface area contributed by atoms with E-state index >= 15 is 0 Å². The zero-order chi connectivity index (χ0) is 17.6. The first kappa shape index (κ1) is 18.4. The summed E-state index contributed by atoms with van der Waals surface area (Å²) in [6, 6.07) is 3.76. The van der Waals surface area contributed by atoms with Crippen LogP contribution >= 0.6 is 0 Å². The highest BCUT2D eigenvalue weighted by atomic mass is 16.4. The maximum Gasteiger partial charge on any atom is 0.326 e. The van der Waals surface area contributed by atoms with Crippen LogP contribution in [0.1, 0.15) is 18.4 Å². The van der Waals surface area contributed by atoms with Crippen LogP contribution in [-0.4, -0.2) is 57.2 Å². The van der Waals surface area contributed by atoms with Crippen LogP contribution in [0.5, 0.6) is 5.75 Å². The second-order valence-corrected chi connectivity index (χ2v) is 5.21. The van der Waals surface area contributed by atoms with Crippen molar-refractivity contribution in [3.63, 3.8) is 0 Å². The Kier molecular flexibility index (Phi) is 6.52. The summed E-state index contributed by atoms with van der Waals surface area (Å²) in [5.74, 6) is -2.81. The average molecular weight is 324 g/mol. The Morgan fingerprint density at radius 3 is 2.17 bits per heavy atom. The van der Waals surface area contributed by atoms with E-state index in [0.29, 0.717) is 5.56 Å². The molecular weight excluding hydrogens is 304 g/mol. The lowest BCUT2D eigenvalue weighted by Crippen LogP contribution is -2.44. The van der Waals surface area contributed by atoms with E-state index in [1.807, 2.05) is 0 Å². The molecule has 0 aromatic heterocycles. The topological polar surface area (TPSA) is 141 Å². The summed E-state index contributed by atoms with van der Waals surface area (Å²) >= 11 is 0. The second kappa shape index (κ2) is 8.14. The highest BCUT2D eigenvalue weighted by molar-refractivity contribution is 5.84. The molecule has 0 aliphatic carbocycles. The molecule has 0 saturated carbocycles. The van der Waals surface area contributed by atoms with Crippen molar-refractivity contribution in [1.82, 2.24) is 4.90 Å². The third-order valence-electron chi connectivity index (χ3n) is 3.50. The van der Waals surface area contributed by atoms with Crippen LogP contribution in [0.3, 0.4) is 0 Å². The summed E-state index contributed by atoms with van der Waals surface area (Å²) in [5, 5.41) is 27.2. The number of nitrogens with two attached hydrogens (primary N) is 1. The van der Waals surface area contributed by atoms with Gasteiger partial charge in [0, 0.05) is 19.9 Å². The molecule has 8 heteroatoms. The lowest BCUT2D eigenvalue weighted by molar-refractivity contribution is -0.149. The Morgan fingerprint density at radius 1 is 1.13 bits per heavy atom. The van der Waals surface area contributed by atoms with Crippen LogP contribution in [0.4, 0.5) is 0 Å². The van der Waals surface area contributed by atoms with Crippen molar-refractivity contribution in [2.75, 3.05) is 7.05 Å². The number of aromatic hydroxyl groups is 1. The van der Waals surface area contributed by atoms with Gasteiger partial charge in [-0.2, -0.15) is 0 Å². The van der Waals surface area contributed by atoms with Crippen LogP contribution in [-0.2, 0) is 20.8 Å². The molecule has 1 unspecified atom stereocenters. The number of aliphatic carboxylic acids is 2. The summed E-state index contributed by atoms with van der Waals surface area (Å²) in [7, 11) is 1.35. The van der Waals surface area contributed by atoms with Gasteiger partial charge in [-0.25, -0.2) is 4.79 Å². The molecule has 5 N–H and O–H groups in total. The van der Waals surface area contributed by atoms with Gasteiger partial charge in [-0.1, -0.05) is 12.1 Å². The fourth-order valence-corrected chi connectivity index (χ4v) is 2.00. The monoisotopic (exact) mass is 324 g/mol. The van der Waals surface area contributed by atoms with Crippen LogP contribution < -0.4 is 5.73 Å². The summed E-state index contributed by atoms with van der Waals surface area (Å²) in [6.45, 7) is 0. The number of nitrogens with zero attached hydrogens (tertiary/aromatic N) is 1. The number of phenolic OH excluding ortho intramolecular Hbond substituents is 1. The normalized spacial score (nSPS) is 13.1. The molecule has 0 heterocycles. The predicted octanol–water partition coefficient (Wildman–Crippen LogP) is 0.0384. The Balaban J connectivity index is 2.72. The van der Waals surface area contributed by atoms with Gasteiger partial charge in [-0.15, -0.1) is 0 Å². The molecule has 0 aliphatic heterocycles. The number of carbonyl (C=O) groups excluding carboxylic acids is 1. The Labute approximate surface area is 133 Å². The van der Waals surface area contributed by atoms with Crippen molar-refractivity contribution in [3.8, 4) is 5.75 Å². The molecule has 0 bridgehead atoms. The first-order valence-electron chi connectivity index (χ1n) is 6.97. The minimum atomic E-state index is -1.21. The van der Waals surface area contributed by atoms with Gasteiger partial charge < -0.3 is 26.0 Å². The van der Waals surface area contributed by atoms with E-state index in [2.05, 4.69) is 0 Å². The quantitative estimate of drug-likeness (QED) is 0.529. The number of benzene rings is 1. The van der Waals surface area contributed by atoms with Gasteiger partial charge in [0.15, 0.2) is 0 Å². The Bertz CT molecular complexity index is 572. The molecule has 0 fully saturated rings. The summed E-state index contributed by atoms with van der Waals surface area (Å²) in [6.07, 6.45) is -0.143. The van der Waals surface area contributed by atoms with Crippen molar-refractivity contribution in [3.05, 3.63) is 29.8 Å². The number of hydrogen-bond acceptors (Lipinski definition) is 5. The number of carbonyl (C=O) groups is 3. The Morgan fingerprint density at radius 2 is 1.70 bits per heavy atom. The third-order valence-corrected chi connectivity index (χ3v) is 3.50. The SMILES string of the molecule is CN(C(=O)CCC(N)C(=O)O)[C@@H](Cc1ccc(O)cc1)C(=O)O. The van der Waals surface area contributed by atoms with Crippen molar-refractivity contribution >= 4 is 17.8 Å². The highest BCUT2D eigenvalue weighted by Crippen LogP contribution is 2.14. The van der Waals surface area contributed by atoms with E-state index in [1.54, 1.807) is 12.1 Å². The largest absolute Gasteiger partial charge is 0.508 e. The number of amides is 1. The minimum absolute atomic E-state index is 0.0627. The lowest BCUT2D eigenvalue weighted by atomic mass is 10.0. The van der Waals surface area contributed by atoms with E-state index in [1.165, 1.54) is 19.2 Å². The smallest absolute Gasteiger partial charge is 0.326 e. The van der Waals surface area contributed by atoms with E-state index in [9.17, 15) is 24.6 Å². The predicted molar refractivity (Wildman–Crippen MR) is 80.8 cm³/mol. The van der Waals surface area contributed by atoms with Crippen LogP contribution in [0.2, 0.25) is 0 Å². The minimum Gasteiger partial charge on any atom is -0.508 e. The summed E-state index contributed by atoms with van der Waals surface area (Å²) in [5.41, 5.74) is 5.98. The molecule has 0 aliphatic rings. The van der Waals surface area contributed by atoms with E-state index in [4.69, 9.17) is 10.8 Å². The van der Waals surface area contributed by atoms with Gasteiger partial charge in [0.2, 0.25) is 5.91 Å². The second-order valence-electron chi connectivity index (χ2n) is 5.21. The van der Waals surface area contributed by atoms with Gasteiger partial charge >= 0.3 is 11.9 Å². The van der Waals surface area contributed by atoms with Gasteiger partial charge in [0.05, 0.1) is 0 Å². The fraction of sp³-hybridized carbons (Fsp3) is 0.400. The van der Waals surface area contributed by atoms with Gasteiger partial charge in [0.1, 0.15) is 17.8 Å². The molecule has 8 nitrogen and oxygen atoms in total. The first-order chi connectivity index (χ1) is 10.7. The molecule has 1 rings (SSSR count). The molecule has 2 atom stereocenters. The van der Waals surface area contributed by atoms with Gasteiger partial charge in [0.25, 0.3) is 0 Å². The van der Waals surface area contributed by atoms with Crippen LogP contribution in [0.25, 0.3) is 0 Å². The van der Waals surface area contributed by atoms with Gasteiger partial charge in [-0.05, 0) is 24.1 Å². The van der Waals surface area contributed by atoms with Crippen molar-refractivity contribution in [2.45, 2.75) is 31.3 Å². The molecule has 1 amide bonds. The lowest BCUT2D eigenvalue weighted by Gasteiger charge is -2.25. The third kappa shape index (κ3) is 5.59. The molecule has 0 saturated heterocycles. The molecule has 1 aromatic rings. The maximum atomic E-state index is 12.0. The first-order valence-corrected chi connectivity index (χ1v) is 6.97. The molecular formula is C15H20N2O6. The number of carboxylic acid groups (broad SMARTS) is 2. The number of carboxylic acids is 2. The number of likely N-dealkylation sites (N-methyl/N-ethyl adjacent to an activating group) is 1. The fourth-order valence-electron chi connectivity index (χ4n) is 2.00. The van der Waals surface area contributed by atoms with Crippen LogP contribution in [0, 0.1) is 0 Å². The molecule has 0 radical (unpaired) electrons. The molecule has 126 valence electrons. The standard InChI is InChI=1S/C15H20N2O6/c1-17(13(19)7-6-11(16)14(20)21)12(15(22)23)8-9-2-4-10(18)5-3-9/h2-5,11-12,18H,6-8,16H2,1H3,(H,20,21)(H,22,23)/t11?,12-/m0/s1. The summed E-state index contributed by atoms with van der Waals surface area (Å²) < 4.78 is 0. The highest BCUT2D eigenvalue weighted by Gasteiger charge is 2.27. The van der Waals surface area contributed by atoms with E-state index in [0.717, 1.165) is 4.90 Å². The zero-order valence-corrected chi connectivity index (χ0v) is 12.7.